The molecule has 1 aromatic carbocycles. The summed E-state index contributed by atoms with van der Waals surface area (Å²) in [6, 6.07) is 2.76. The first kappa shape index (κ1) is 11.6. The molecule has 0 aliphatic heterocycles. The van der Waals surface area contributed by atoms with Gasteiger partial charge in [-0.15, -0.1) is 0 Å². The van der Waals surface area contributed by atoms with Crippen molar-refractivity contribution in [3.05, 3.63) is 17.9 Å². The number of anilines is 2. The molecule has 0 aliphatic carbocycles. The maximum absolute atomic E-state index is 13.4. The molecule has 1 aromatic rings. The molecule has 0 fully saturated rings. The molecule has 4 nitrogen and oxygen atoms in total. The van der Waals surface area contributed by atoms with E-state index in [1.165, 1.54) is 19.2 Å². The molecular weight excluding hydrogens is 199 g/mol. The summed E-state index contributed by atoms with van der Waals surface area (Å²) in [6.45, 7) is 1.03. The number of nitrogens with two attached hydrogens (primary N) is 1. The predicted octanol–water partition coefficient (Wildman–Crippen LogP) is 1.47. The van der Waals surface area contributed by atoms with Gasteiger partial charge in [-0.1, -0.05) is 0 Å². The first-order valence-corrected chi connectivity index (χ1v) is 4.55. The van der Waals surface area contributed by atoms with Gasteiger partial charge in [0.15, 0.2) is 0 Å². The third kappa shape index (κ3) is 2.99. The van der Waals surface area contributed by atoms with Crippen LogP contribution in [-0.2, 0) is 4.74 Å². The summed E-state index contributed by atoms with van der Waals surface area (Å²) in [6.07, 6.45) is 0. The Kier molecular flexibility index (Phi) is 4.17. The SMILES string of the molecule is COCCNc1cc(OC)c(N)cc1F. The van der Waals surface area contributed by atoms with Gasteiger partial charge < -0.3 is 20.5 Å². The molecule has 0 radical (unpaired) electrons. The van der Waals surface area contributed by atoms with Crippen molar-refractivity contribution in [2.24, 2.45) is 0 Å². The van der Waals surface area contributed by atoms with Gasteiger partial charge in [0.1, 0.15) is 11.6 Å². The Bertz CT molecular complexity index is 331. The fourth-order valence-corrected chi connectivity index (χ4v) is 1.17. The molecule has 84 valence electrons. The molecular formula is C10H15FN2O2. The molecule has 1 rings (SSSR count). The Labute approximate surface area is 88.2 Å². The van der Waals surface area contributed by atoms with E-state index < -0.39 is 5.82 Å². The van der Waals surface area contributed by atoms with Crippen molar-refractivity contribution >= 4 is 11.4 Å². The highest BCUT2D eigenvalue weighted by molar-refractivity contribution is 5.62. The van der Waals surface area contributed by atoms with Gasteiger partial charge in [-0.25, -0.2) is 4.39 Å². The molecule has 0 aliphatic rings. The number of ether oxygens (including phenoxy) is 2. The summed E-state index contributed by atoms with van der Waals surface area (Å²) in [5.74, 6) is 0.0562. The lowest BCUT2D eigenvalue weighted by atomic mass is 10.2. The molecule has 0 aromatic heterocycles. The van der Waals surface area contributed by atoms with Gasteiger partial charge in [0.05, 0.1) is 25.1 Å². The molecule has 0 unspecified atom stereocenters. The van der Waals surface area contributed by atoms with Crippen LogP contribution >= 0.6 is 0 Å². The number of nitrogen functional groups attached to an aromatic ring is 1. The zero-order valence-corrected chi connectivity index (χ0v) is 8.84. The lowest BCUT2D eigenvalue weighted by Gasteiger charge is -2.10. The zero-order chi connectivity index (χ0) is 11.3. The highest BCUT2D eigenvalue weighted by atomic mass is 19.1. The molecule has 0 heterocycles. The van der Waals surface area contributed by atoms with Crippen LogP contribution in [-0.4, -0.2) is 27.4 Å². The Hall–Kier alpha value is -1.49. The van der Waals surface area contributed by atoms with Crippen LogP contribution < -0.4 is 15.8 Å². The first-order valence-electron chi connectivity index (χ1n) is 4.55. The van der Waals surface area contributed by atoms with Gasteiger partial charge in [0.2, 0.25) is 0 Å². The van der Waals surface area contributed by atoms with Gasteiger partial charge in [-0.3, -0.25) is 0 Å². The van der Waals surface area contributed by atoms with Crippen LogP contribution in [0.15, 0.2) is 12.1 Å². The third-order valence-corrected chi connectivity index (χ3v) is 1.94. The van der Waals surface area contributed by atoms with Crippen molar-refractivity contribution in [3.63, 3.8) is 0 Å². The first-order chi connectivity index (χ1) is 7.19. The van der Waals surface area contributed by atoms with Gasteiger partial charge >= 0.3 is 0 Å². The van der Waals surface area contributed by atoms with E-state index in [0.717, 1.165) is 0 Å². The minimum Gasteiger partial charge on any atom is -0.495 e. The molecule has 0 spiro atoms. The number of nitrogens with one attached hydrogen (secondary N) is 1. The molecule has 15 heavy (non-hydrogen) atoms. The number of halogens is 1. The largest absolute Gasteiger partial charge is 0.495 e. The van der Waals surface area contributed by atoms with E-state index in [1.807, 2.05) is 0 Å². The fraction of sp³-hybridized carbons (Fsp3) is 0.400. The van der Waals surface area contributed by atoms with Crippen molar-refractivity contribution in [1.29, 1.82) is 0 Å². The monoisotopic (exact) mass is 214 g/mol. The van der Waals surface area contributed by atoms with Crippen molar-refractivity contribution in [1.82, 2.24) is 0 Å². The standard InChI is InChI=1S/C10H15FN2O2/c1-14-4-3-13-9-6-10(15-2)8(12)5-7(9)11/h5-6,13H,3-4,12H2,1-2H3. The average molecular weight is 214 g/mol. The number of hydrogen-bond donors (Lipinski definition) is 2. The van der Waals surface area contributed by atoms with Crippen LogP contribution in [0, 0.1) is 5.82 Å². The van der Waals surface area contributed by atoms with E-state index in [-0.39, 0.29) is 5.69 Å². The Morgan fingerprint density at radius 3 is 2.73 bits per heavy atom. The summed E-state index contributed by atoms with van der Waals surface area (Å²) >= 11 is 0. The number of hydrogen-bond acceptors (Lipinski definition) is 4. The Balaban J connectivity index is 2.78. The van der Waals surface area contributed by atoms with Crippen LogP contribution in [0.5, 0.6) is 5.75 Å². The predicted molar refractivity (Wildman–Crippen MR) is 57.7 cm³/mol. The third-order valence-electron chi connectivity index (χ3n) is 1.94. The van der Waals surface area contributed by atoms with Crippen LogP contribution in [0.25, 0.3) is 0 Å². The molecule has 3 N–H and O–H groups in total. The summed E-state index contributed by atoms with van der Waals surface area (Å²) in [4.78, 5) is 0. The van der Waals surface area contributed by atoms with Crippen molar-refractivity contribution in [3.8, 4) is 5.75 Å². The zero-order valence-electron chi connectivity index (χ0n) is 8.84. The second kappa shape index (κ2) is 5.41. The van der Waals surface area contributed by atoms with Crippen LogP contribution in [0.3, 0.4) is 0 Å². The maximum atomic E-state index is 13.4. The van der Waals surface area contributed by atoms with Crippen molar-refractivity contribution < 1.29 is 13.9 Å². The second-order valence-corrected chi connectivity index (χ2v) is 2.99. The smallest absolute Gasteiger partial charge is 0.148 e. The van der Waals surface area contributed by atoms with Crippen molar-refractivity contribution in [2.45, 2.75) is 0 Å². The summed E-state index contributed by atoms with van der Waals surface area (Å²) in [5, 5.41) is 2.88. The molecule has 0 saturated heterocycles. The molecule has 0 atom stereocenters. The van der Waals surface area contributed by atoms with Gasteiger partial charge in [-0.2, -0.15) is 0 Å². The minimum absolute atomic E-state index is 0.285. The molecule has 5 heteroatoms. The molecule has 0 saturated carbocycles. The topological polar surface area (TPSA) is 56.5 Å². The number of benzene rings is 1. The van der Waals surface area contributed by atoms with Crippen LogP contribution in [0.4, 0.5) is 15.8 Å². The van der Waals surface area contributed by atoms with Crippen molar-refractivity contribution in [2.75, 3.05) is 38.4 Å². The Morgan fingerprint density at radius 2 is 2.13 bits per heavy atom. The maximum Gasteiger partial charge on any atom is 0.148 e. The van der Waals surface area contributed by atoms with E-state index in [1.54, 1.807) is 7.11 Å². The second-order valence-electron chi connectivity index (χ2n) is 2.99. The number of methoxy groups -OCH3 is 2. The molecule has 0 amide bonds. The van der Waals surface area contributed by atoms with E-state index in [9.17, 15) is 4.39 Å². The van der Waals surface area contributed by atoms with E-state index >= 15 is 0 Å². The Morgan fingerprint density at radius 1 is 1.40 bits per heavy atom. The highest BCUT2D eigenvalue weighted by Gasteiger charge is 2.07. The van der Waals surface area contributed by atoms with Gasteiger partial charge in [-0.05, 0) is 0 Å². The van der Waals surface area contributed by atoms with Gasteiger partial charge in [0, 0.05) is 25.8 Å². The van der Waals surface area contributed by atoms with E-state index in [0.29, 0.717) is 24.6 Å². The summed E-state index contributed by atoms with van der Waals surface area (Å²) < 4.78 is 23.2. The quantitative estimate of drug-likeness (QED) is 0.575. The highest BCUT2D eigenvalue weighted by Crippen LogP contribution is 2.27. The lowest BCUT2D eigenvalue weighted by Crippen LogP contribution is -2.09. The fourth-order valence-electron chi connectivity index (χ4n) is 1.17. The lowest BCUT2D eigenvalue weighted by molar-refractivity contribution is 0.210. The van der Waals surface area contributed by atoms with Crippen LogP contribution in [0.2, 0.25) is 0 Å². The van der Waals surface area contributed by atoms with Gasteiger partial charge in [0.25, 0.3) is 0 Å². The minimum atomic E-state index is -0.399. The summed E-state index contributed by atoms with van der Waals surface area (Å²) in [7, 11) is 3.07. The molecule has 0 bridgehead atoms. The number of rotatable bonds is 5. The summed E-state index contributed by atoms with van der Waals surface area (Å²) in [5.41, 5.74) is 6.18. The van der Waals surface area contributed by atoms with E-state index in [2.05, 4.69) is 5.32 Å². The normalized spacial score (nSPS) is 10.1. The van der Waals surface area contributed by atoms with E-state index in [4.69, 9.17) is 15.2 Å². The average Bonchev–Trinajstić information content (AvgIpc) is 2.21. The van der Waals surface area contributed by atoms with Crippen LogP contribution in [0.1, 0.15) is 0 Å².